The Morgan fingerprint density at radius 1 is 1.03 bits per heavy atom. The van der Waals surface area contributed by atoms with Crippen LogP contribution in [0.15, 0.2) is 48.5 Å². The number of hydrogen-bond donors (Lipinski definition) is 0. The quantitative estimate of drug-likeness (QED) is 0.351. The number of fused-ring (bicyclic) bond motifs is 1. The van der Waals surface area contributed by atoms with Crippen LogP contribution in [0.4, 0.5) is 0 Å². The molecule has 3 aromatic rings. The van der Waals surface area contributed by atoms with Crippen molar-refractivity contribution in [2.45, 2.75) is 85.4 Å². The Bertz CT molecular complexity index is 1110. The van der Waals surface area contributed by atoms with Crippen molar-refractivity contribution in [3.05, 3.63) is 82.0 Å². The van der Waals surface area contributed by atoms with Crippen LogP contribution in [0.5, 0.6) is 5.75 Å². The van der Waals surface area contributed by atoms with Gasteiger partial charge in [0, 0.05) is 35.5 Å². The summed E-state index contributed by atoms with van der Waals surface area (Å²) in [7, 11) is 2.25. The van der Waals surface area contributed by atoms with Gasteiger partial charge in [-0.2, -0.15) is 0 Å². The summed E-state index contributed by atoms with van der Waals surface area (Å²) in [5.74, 6) is 0.974. The molecule has 1 aromatic heterocycles. The molecule has 0 spiro atoms. The molecule has 0 amide bonds. The van der Waals surface area contributed by atoms with Crippen molar-refractivity contribution in [3.8, 4) is 17.0 Å². The van der Waals surface area contributed by atoms with Gasteiger partial charge in [-0.05, 0) is 82.2 Å². The molecule has 0 unspecified atom stereocenters. The van der Waals surface area contributed by atoms with E-state index in [2.05, 4.69) is 95.1 Å². The number of nitrogens with zero attached hydrogens (tertiary/aromatic N) is 2. The van der Waals surface area contributed by atoms with Crippen LogP contribution in [0, 0.1) is 6.92 Å². The summed E-state index contributed by atoms with van der Waals surface area (Å²) in [5, 5.41) is 0. The van der Waals surface area contributed by atoms with Crippen LogP contribution in [-0.2, 0) is 25.8 Å². The van der Waals surface area contributed by atoms with E-state index in [1.807, 2.05) is 0 Å². The van der Waals surface area contributed by atoms with Crippen molar-refractivity contribution >= 4 is 0 Å². The first-order valence-corrected chi connectivity index (χ1v) is 13.0. The molecule has 0 aliphatic heterocycles. The van der Waals surface area contributed by atoms with Gasteiger partial charge in [0.25, 0.3) is 0 Å². The first-order valence-electron chi connectivity index (χ1n) is 13.0. The maximum absolute atomic E-state index is 6.43. The number of pyridine rings is 1. The maximum atomic E-state index is 6.43. The summed E-state index contributed by atoms with van der Waals surface area (Å²) in [5.41, 5.74) is 10.3. The smallest absolute Gasteiger partial charge is 0.128 e. The van der Waals surface area contributed by atoms with Crippen LogP contribution in [-0.4, -0.2) is 23.0 Å². The lowest BCUT2D eigenvalue weighted by atomic mass is 9.87. The Kier molecular flexibility index (Phi) is 7.73. The van der Waals surface area contributed by atoms with E-state index in [0.717, 1.165) is 36.5 Å². The van der Waals surface area contributed by atoms with E-state index in [-0.39, 0.29) is 6.10 Å². The number of aryl methyl sites for hydroxylation is 4. The molecular weight excluding hydrogens is 416 g/mol. The van der Waals surface area contributed by atoms with Crippen molar-refractivity contribution in [1.82, 2.24) is 9.88 Å². The van der Waals surface area contributed by atoms with Crippen molar-refractivity contribution in [1.29, 1.82) is 0 Å². The minimum absolute atomic E-state index is 0.112. The Morgan fingerprint density at radius 2 is 1.74 bits per heavy atom. The van der Waals surface area contributed by atoms with Crippen LogP contribution in [0.3, 0.4) is 0 Å². The summed E-state index contributed by atoms with van der Waals surface area (Å²) in [6.45, 7) is 11.6. The van der Waals surface area contributed by atoms with E-state index in [1.165, 1.54) is 52.6 Å². The van der Waals surface area contributed by atoms with Gasteiger partial charge in [0.1, 0.15) is 5.75 Å². The second-order valence-electron chi connectivity index (χ2n) is 9.92. The highest BCUT2D eigenvalue weighted by Crippen LogP contribution is 2.37. The van der Waals surface area contributed by atoms with Gasteiger partial charge in [0.15, 0.2) is 0 Å². The molecule has 1 aliphatic carbocycles. The van der Waals surface area contributed by atoms with Gasteiger partial charge in [-0.15, -0.1) is 0 Å². The molecule has 1 atom stereocenters. The lowest BCUT2D eigenvalue weighted by molar-refractivity contribution is 0.200. The van der Waals surface area contributed by atoms with Crippen molar-refractivity contribution in [2.75, 3.05) is 7.05 Å². The maximum Gasteiger partial charge on any atom is 0.128 e. The SMILES string of the molecule is CCc1cccc(CC)c1-c1cc(OC(C)C)c(CN(C)[C@H]2CCCc3ccccc32)c(C)n1. The molecule has 0 saturated carbocycles. The highest BCUT2D eigenvalue weighted by molar-refractivity contribution is 5.70. The van der Waals surface area contributed by atoms with Gasteiger partial charge >= 0.3 is 0 Å². The largest absolute Gasteiger partial charge is 0.491 e. The zero-order valence-corrected chi connectivity index (χ0v) is 21.8. The van der Waals surface area contributed by atoms with Crippen LogP contribution in [0.1, 0.15) is 80.1 Å². The Balaban J connectivity index is 1.73. The van der Waals surface area contributed by atoms with E-state index >= 15 is 0 Å². The zero-order chi connectivity index (χ0) is 24.2. The highest BCUT2D eigenvalue weighted by atomic mass is 16.5. The molecule has 3 nitrogen and oxygen atoms in total. The van der Waals surface area contributed by atoms with Crippen molar-refractivity contribution in [3.63, 3.8) is 0 Å². The predicted octanol–water partition coefficient (Wildman–Crippen LogP) is 7.48. The fourth-order valence-electron chi connectivity index (χ4n) is 5.47. The molecule has 0 N–H and O–H groups in total. The Hall–Kier alpha value is -2.65. The van der Waals surface area contributed by atoms with Crippen LogP contribution in [0.25, 0.3) is 11.3 Å². The van der Waals surface area contributed by atoms with Gasteiger partial charge in [0.05, 0.1) is 11.8 Å². The lowest BCUT2D eigenvalue weighted by Gasteiger charge is -2.34. The summed E-state index contributed by atoms with van der Waals surface area (Å²) in [6, 6.07) is 18.2. The number of hydrogen-bond acceptors (Lipinski definition) is 3. The molecular formula is C31H40N2O. The summed E-state index contributed by atoms with van der Waals surface area (Å²) < 4.78 is 6.43. The van der Waals surface area contributed by atoms with E-state index in [4.69, 9.17) is 9.72 Å². The van der Waals surface area contributed by atoms with Gasteiger partial charge < -0.3 is 4.74 Å². The van der Waals surface area contributed by atoms with E-state index in [9.17, 15) is 0 Å². The minimum Gasteiger partial charge on any atom is -0.491 e. The highest BCUT2D eigenvalue weighted by Gasteiger charge is 2.25. The third-order valence-corrected chi connectivity index (χ3v) is 7.19. The van der Waals surface area contributed by atoms with Crippen LogP contribution >= 0.6 is 0 Å². The predicted molar refractivity (Wildman–Crippen MR) is 143 cm³/mol. The van der Waals surface area contributed by atoms with Gasteiger partial charge in [-0.25, -0.2) is 0 Å². The third kappa shape index (κ3) is 5.05. The molecule has 0 saturated heterocycles. The summed E-state index contributed by atoms with van der Waals surface area (Å²) >= 11 is 0. The van der Waals surface area contributed by atoms with E-state index in [0.29, 0.717) is 6.04 Å². The molecule has 180 valence electrons. The average molecular weight is 457 g/mol. The topological polar surface area (TPSA) is 25.4 Å². The monoisotopic (exact) mass is 456 g/mol. The molecule has 2 aromatic carbocycles. The second-order valence-corrected chi connectivity index (χ2v) is 9.92. The van der Waals surface area contributed by atoms with Gasteiger partial charge in [-0.3, -0.25) is 9.88 Å². The van der Waals surface area contributed by atoms with Gasteiger partial charge in [-0.1, -0.05) is 56.3 Å². The summed E-state index contributed by atoms with van der Waals surface area (Å²) in [4.78, 5) is 7.66. The molecule has 0 fully saturated rings. The molecule has 0 bridgehead atoms. The van der Waals surface area contributed by atoms with Crippen LogP contribution < -0.4 is 4.74 Å². The lowest BCUT2D eigenvalue weighted by Crippen LogP contribution is -2.28. The minimum atomic E-state index is 0.112. The first kappa shape index (κ1) is 24.5. The molecule has 3 heteroatoms. The van der Waals surface area contributed by atoms with E-state index in [1.54, 1.807) is 0 Å². The van der Waals surface area contributed by atoms with Crippen LogP contribution in [0.2, 0.25) is 0 Å². The zero-order valence-electron chi connectivity index (χ0n) is 21.8. The average Bonchev–Trinajstić information content (AvgIpc) is 2.84. The van der Waals surface area contributed by atoms with E-state index < -0.39 is 0 Å². The number of ether oxygens (including phenoxy) is 1. The Labute approximate surface area is 206 Å². The third-order valence-electron chi connectivity index (χ3n) is 7.19. The number of rotatable bonds is 8. The molecule has 0 radical (unpaired) electrons. The van der Waals surface area contributed by atoms with Crippen molar-refractivity contribution < 1.29 is 4.74 Å². The normalized spacial score (nSPS) is 15.6. The fraction of sp³-hybridized carbons (Fsp3) is 0.452. The number of benzene rings is 2. The molecule has 34 heavy (non-hydrogen) atoms. The first-order chi connectivity index (χ1) is 16.4. The standard InChI is InChI=1S/C31H40N2O/c1-7-23-14-11-15-24(8-2)31(23)28-19-30(34-21(3)4)27(22(5)32-28)20-33(6)29-18-12-16-25-13-9-10-17-26(25)29/h9-11,13-15,17,19,21,29H,7-8,12,16,18,20H2,1-6H3/t29-/m0/s1. The Morgan fingerprint density at radius 3 is 2.41 bits per heavy atom. The van der Waals surface area contributed by atoms with Crippen molar-refractivity contribution in [2.24, 2.45) is 0 Å². The molecule has 1 aliphatic rings. The fourth-order valence-corrected chi connectivity index (χ4v) is 5.47. The number of aromatic nitrogens is 1. The van der Waals surface area contributed by atoms with Gasteiger partial charge in [0.2, 0.25) is 0 Å². The molecule has 1 heterocycles. The molecule has 4 rings (SSSR count). The summed E-state index contributed by atoms with van der Waals surface area (Å²) in [6.07, 6.45) is 5.73. The second kappa shape index (κ2) is 10.7.